The number of aromatic nitrogens is 2. The molecule has 0 saturated heterocycles. The molecular weight excluding hydrogens is 279 g/mol. The van der Waals surface area contributed by atoms with Gasteiger partial charge < -0.3 is 5.32 Å². The number of rotatable bonds is 2. The minimum Gasteiger partial charge on any atom is -0.311 e. The second kappa shape index (κ2) is 5.18. The molecule has 0 saturated carbocycles. The number of hydrogen-bond acceptors (Lipinski definition) is 2. The van der Waals surface area contributed by atoms with E-state index in [9.17, 15) is 13.2 Å². The van der Waals surface area contributed by atoms with Crippen LogP contribution in [0.3, 0.4) is 0 Å². The van der Waals surface area contributed by atoms with Crippen molar-refractivity contribution >= 4 is 0 Å². The van der Waals surface area contributed by atoms with Gasteiger partial charge in [-0.2, -0.15) is 0 Å². The van der Waals surface area contributed by atoms with E-state index in [4.69, 9.17) is 0 Å². The quantitative estimate of drug-likeness (QED) is 0.923. The third-order valence-corrected chi connectivity index (χ3v) is 3.63. The molecule has 1 aliphatic heterocycles. The highest BCUT2D eigenvalue weighted by atomic mass is 19.1. The fourth-order valence-electron chi connectivity index (χ4n) is 2.72. The zero-order valence-corrected chi connectivity index (χ0v) is 11.9. The molecule has 0 atom stereocenters. The lowest BCUT2D eigenvalue weighted by Gasteiger charge is -2.18. The van der Waals surface area contributed by atoms with Crippen molar-refractivity contribution in [2.24, 2.45) is 0 Å². The zero-order chi connectivity index (χ0) is 15.1. The third kappa shape index (κ3) is 2.33. The van der Waals surface area contributed by atoms with Crippen LogP contribution in [0.1, 0.15) is 37.0 Å². The molecule has 3 rings (SSSR count). The van der Waals surface area contributed by atoms with Crippen LogP contribution in [0.4, 0.5) is 13.2 Å². The Morgan fingerprint density at radius 3 is 2.48 bits per heavy atom. The SMILES string of the molecule is CC(C)c1nc2c(n1-c1c(F)cc(F)cc1F)CCNC2. The molecule has 6 heteroatoms. The first kappa shape index (κ1) is 14.1. The summed E-state index contributed by atoms with van der Waals surface area (Å²) in [5, 5.41) is 3.19. The monoisotopic (exact) mass is 295 g/mol. The normalized spacial score (nSPS) is 14.6. The van der Waals surface area contributed by atoms with Crippen LogP contribution in [0.25, 0.3) is 5.69 Å². The van der Waals surface area contributed by atoms with Crippen LogP contribution in [-0.2, 0) is 13.0 Å². The Labute approximate surface area is 120 Å². The Balaban J connectivity index is 2.29. The first-order valence-corrected chi connectivity index (χ1v) is 6.95. The van der Waals surface area contributed by atoms with Gasteiger partial charge in [-0.3, -0.25) is 4.57 Å². The average Bonchev–Trinajstić information content (AvgIpc) is 2.77. The molecular formula is C15H16F3N3. The summed E-state index contributed by atoms with van der Waals surface area (Å²) in [7, 11) is 0. The van der Waals surface area contributed by atoms with Gasteiger partial charge in [0.2, 0.25) is 0 Å². The lowest BCUT2D eigenvalue weighted by Crippen LogP contribution is -2.25. The number of hydrogen-bond donors (Lipinski definition) is 1. The van der Waals surface area contributed by atoms with Gasteiger partial charge in [-0.25, -0.2) is 18.2 Å². The van der Waals surface area contributed by atoms with Crippen LogP contribution in [0.15, 0.2) is 12.1 Å². The smallest absolute Gasteiger partial charge is 0.153 e. The molecule has 0 unspecified atom stereocenters. The summed E-state index contributed by atoms with van der Waals surface area (Å²) in [6.45, 7) is 5.13. The Morgan fingerprint density at radius 2 is 1.86 bits per heavy atom. The summed E-state index contributed by atoms with van der Waals surface area (Å²) in [5.74, 6) is -2.15. The molecule has 0 radical (unpaired) electrons. The molecule has 0 spiro atoms. The molecule has 21 heavy (non-hydrogen) atoms. The van der Waals surface area contributed by atoms with Crippen molar-refractivity contribution in [3.63, 3.8) is 0 Å². The first-order valence-electron chi connectivity index (χ1n) is 6.95. The van der Waals surface area contributed by atoms with Crippen LogP contribution in [0.2, 0.25) is 0 Å². The van der Waals surface area contributed by atoms with Crippen molar-refractivity contribution in [2.45, 2.75) is 32.7 Å². The van der Waals surface area contributed by atoms with Crippen LogP contribution in [0.5, 0.6) is 0 Å². The van der Waals surface area contributed by atoms with E-state index < -0.39 is 17.5 Å². The maximum absolute atomic E-state index is 14.1. The molecule has 1 aromatic heterocycles. The number of benzene rings is 1. The topological polar surface area (TPSA) is 29.9 Å². The molecule has 0 amide bonds. The maximum atomic E-state index is 14.1. The van der Waals surface area contributed by atoms with Crippen LogP contribution in [-0.4, -0.2) is 16.1 Å². The molecule has 112 valence electrons. The number of nitrogens with one attached hydrogen (secondary N) is 1. The van der Waals surface area contributed by atoms with E-state index in [2.05, 4.69) is 10.3 Å². The lowest BCUT2D eigenvalue weighted by atomic mass is 10.1. The minimum atomic E-state index is -0.921. The summed E-state index contributed by atoms with van der Waals surface area (Å²) >= 11 is 0. The number of fused-ring (bicyclic) bond motifs is 1. The number of halogens is 3. The van der Waals surface area contributed by atoms with Crippen molar-refractivity contribution < 1.29 is 13.2 Å². The molecule has 0 aliphatic carbocycles. The van der Waals surface area contributed by atoms with Crippen molar-refractivity contribution in [1.29, 1.82) is 0 Å². The van der Waals surface area contributed by atoms with Gasteiger partial charge in [0, 0.05) is 43.3 Å². The molecule has 1 aromatic carbocycles. The van der Waals surface area contributed by atoms with E-state index >= 15 is 0 Å². The largest absolute Gasteiger partial charge is 0.311 e. The van der Waals surface area contributed by atoms with Gasteiger partial charge in [-0.15, -0.1) is 0 Å². The van der Waals surface area contributed by atoms with Gasteiger partial charge in [0.15, 0.2) is 11.6 Å². The van der Waals surface area contributed by atoms with Crippen molar-refractivity contribution in [3.8, 4) is 5.69 Å². The fraction of sp³-hybridized carbons (Fsp3) is 0.400. The van der Waals surface area contributed by atoms with Gasteiger partial charge in [0.05, 0.1) is 5.69 Å². The molecule has 2 aromatic rings. The van der Waals surface area contributed by atoms with Gasteiger partial charge >= 0.3 is 0 Å². The van der Waals surface area contributed by atoms with Crippen molar-refractivity contribution in [2.75, 3.05) is 6.54 Å². The van der Waals surface area contributed by atoms with E-state index in [0.29, 0.717) is 30.9 Å². The van der Waals surface area contributed by atoms with E-state index in [1.807, 2.05) is 13.8 Å². The lowest BCUT2D eigenvalue weighted by molar-refractivity contribution is 0.525. The van der Waals surface area contributed by atoms with E-state index in [0.717, 1.165) is 17.9 Å². The molecule has 1 aliphatic rings. The predicted molar refractivity (Wildman–Crippen MR) is 72.9 cm³/mol. The molecule has 0 bridgehead atoms. The van der Waals surface area contributed by atoms with Crippen LogP contribution >= 0.6 is 0 Å². The zero-order valence-electron chi connectivity index (χ0n) is 11.9. The molecule has 3 nitrogen and oxygen atoms in total. The number of nitrogens with zero attached hydrogens (tertiary/aromatic N) is 2. The van der Waals surface area contributed by atoms with Crippen LogP contribution in [0, 0.1) is 17.5 Å². The van der Waals surface area contributed by atoms with Gasteiger partial charge in [0.25, 0.3) is 0 Å². The second-order valence-electron chi connectivity index (χ2n) is 5.50. The Kier molecular flexibility index (Phi) is 3.49. The van der Waals surface area contributed by atoms with E-state index in [1.54, 1.807) is 0 Å². The van der Waals surface area contributed by atoms with Crippen LogP contribution < -0.4 is 5.32 Å². The Bertz CT molecular complexity index is 669. The fourth-order valence-corrected chi connectivity index (χ4v) is 2.72. The highest BCUT2D eigenvalue weighted by Gasteiger charge is 2.26. The van der Waals surface area contributed by atoms with Gasteiger partial charge in [-0.05, 0) is 0 Å². The van der Waals surface area contributed by atoms with Gasteiger partial charge in [0.1, 0.15) is 17.3 Å². The minimum absolute atomic E-state index is 0.000506. The molecule has 2 heterocycles. The van der Waals surface area contributed by atoms with E-state index in [1.165, 1.54) is 4.57 Å². The summed E-state index contributed by atoms with van der Waals surface area (Å²) in [5.41, 5.74) is 1.35. The standard InChI is InChI=1S/C15H16F3N3/c1-8(2)15-20-12-7-19-4-3-13(12)21(15)14-10(17)5-9(16)6-11(14)18/h5-6,8,19H,3-4,7H2,1-2H3. The highest BCUT2D eigenvalue weighted by Crippen LogP contribution is 2.29. The Morgan fingerprint density at radius 1 is 1.19 bits per heavy atom. The summed E-state index contributed by atoms with van der Waals surface area (Å²) in [4.78, 5) is 4.50. The summed E-state index contributed by atoms with van der Waals surface area (Å²) < 4.78 is 42.9. The summed E-state index contributed by atoms with van der Waals surface area (Å²) in [6, 6.07) is 1.41. The Hall–Kier alpha value is -1.82. The number of imidazole rings is 1. The third-order valence-electron chi connectivity index (χ3n) is 3.63. The second-order valence-corrected chi connectivity index (χ2v) is 5.50. The van der Waals surface area contributed by atoms with Crippen molar-refractivity contribution in [1.82, 2.24) is 14.9 Å². The maximum Gasteiger partial charge on any atom is 0.153 e. The average molecular weight is 295 g/mol. The predicted octanol–water partition coefficient (Wildman–Crippen LogP) is 3.06. The highest BCUT2D eigenvalue weighted by molar-refractivity contribution is 5.42. The molecule has 0 fully saturated rings. The molecule has 1 N–H and O–H groups in total. The van der Waals surface area contributed by atoms with E-state index in [-0.39, 0.29) is 11.6 Å². The van der Waals surface area contributed by atoms with Crippen molar-refractivity contribution in [3.05, 3.63) is 46.8 Å². The summed E-state index contributed by atoms with van der Waals surface area (Å²) in [6.07, 6.45) is 0.630. The van der Waals surface area contributed by atoms with Gasteiger partial charge in [-0.1, -0.05) is 13.8 Å². The first-order chi connectivity index (χ1) is 9.99.